The largest absolute Gasteiger partial charge is 0.492 e. The minimum absolute atomic E-state index is 0.0931. The van der Waals surface area contributed by atoms with Gasteiger partial charge in [0.1, 0.15) is 24.6 Å². The standard InChI is InChI=1S/C27H29N3O7/c1-5-27(34)19-12-21-22-16(13-30(21)23(31)18(19)14-36-24(27)32)10-15-11-17(6-7-20(15)29-22)35-9-8-28-25(33)37-26(2,3)4/h6-7,10-12,34H,5,8-9,13-14H2,1-4H3,(H,28,33). The Hall–Kier alpha value is -3.92. The highest BCUT2D eigenvalue weighted by atomic mass is 16.6. The van der Waals surface area contributed by atoms with Crippen LogP contribution in [0.5, 0.6) is 5.75 Å². The first kappa shape index (κ1) is 24.8. The van der Waals surface area contributed by atoms with Crippen LogP contribution in [0.1, 0.15) is 50.8 Å². The summed E-state index contributed by atoms with van der Waals surface area (Å²) in [7, 11) is 0. The number of cyclic esters (lactones) is 1. The van der Waals surface area contributed by atoms with E-state index in [1.807, 2.05) is 18.2 Å². The number of nitrogens with zero attached hydrogens (tertiary/aromatic N) is 2. The van der Waals surface area contributed by atoms with Gasteiger partial charge in [0, 0.05) is 16.5 Å². The fraction of sp³-hybridized carbons (Fsp3) is 0.407. The summed E-state index contributed by atoms with van der Waals surface area (Å²) in [6, 6.07) is 9.12. The molecule has 5 rings (SSSR count). The molecule has 2 aliphatic heterocycles. The fourth-order valence-electron chi connectivity index (χ4n) is 4.69. The first-order valence-corrected chi connectivity index (χ1v) is 12.2. The maximum Gasteiger partial charge on any atom is 0.407 e. The number of hydrogen-bond donors (Lipinski definition) is 2. The van der Waals surface area contributed by atoms with E-state index in [-0.39, 0.29) is 31.7 Å². The Labute approximate surface area is 213 Å². The lowest BCUT2D eigenvalue weighted by atomic mass is 9.86. The molecule has 0 saturated carbocycles. The summed E-state index contributed by atoms with van der Waals surface area (Å²) in [5, 5.41) is 14.5. The second kappa shape index (κ2) is 8.88. The van der Waals surface area contributed by atoms with E-state index >= 15 is 0 Å². The average Bonchev–Trinajstić information content (AvgIpc) is 3.19. The zero-order chi connectivity index (χ0) is 26.5. The van der Waals surface area contributed by atoms with E-state index in [2.05, 4.69) is 5.32 Å². The monoisotopic (exact) mass is 507 g/mol. The van der Waals surface area contributed by atoms with Gasteiger partial charge >= 0.3 is 12.1 Å². The number of nitrogens with one attached hydrogen (secondary N) is 1. The maximum atomic E-state index is 13.3. The van der Waals surface area contributed by atoms with E-state index < -0.39 is 23.3 Å². The Morgan fingerprint density at radius 3 is 2.76 bits per heavy atom. The van der Waals surface area contributed by atoms with Gasteiger partial charge in [0.15, 0.2) is 5.60 Å². The van der Waals surface area contributed by atoms with Crippen molar-refractivity contribution in [3.8, 4) is 17.1 Å². The number of hydrogen-bond acceptors (Lipinski definition) is 8. The topological polar surface area (TPSA) is 129 Å². The van der Waals surface area contributed by atoms with Crippen molar-refractivity contribution in [3.05, 3.63) is 57.4 Å². The van der Waals surface area contributed by atoms with Gasteiger partial charge in [0.2, 0.25) is 0 Å². The number of esters is 1. The number of carbonyl (C=O) groups excluding carboxylic acids is 2. The molecule has 4 heterocycles. The van der Waals surface area contributed by atoms with Gasteiger partial charge in [-0.25, -0.2) is 14.6 Å². The molecule has 37 heavy (non-hydrogen) atoms. The van der Waals surface area contributed by atoms with Gasteiger partial charge in [0.05, 0.1) is 35.6 Å². The molecule has 2 aliphatic rings. The number of aromatic nitrogens is 2. The molecule has 2 N–H and O–H groups in total. The molecule has 2 aromatic heterocycles. The summed E-state index contributed by atoms with van der Waals surface area (Å²) < 4.78 is 17.7. The summed E-state index contributed by atoms with van der Waals surface area (Å²) >= 11 is 0. The molecule has 0 bridgehead atoms. The molecular weight excluding hydrogens is 478 g/mol. The predicted octanol–water partition coefficient (Wildman–Crippen LogP) is 2.98. The van der Waals surface area contributed by atoms with Crippen molar-refractivity contribution in [2.75, 3.05) is 13.2 Å². The van der Waals surface area contributed by atoms with Crippen molar-refractivity contribution in [2.24, 2.45) is 0 Å². The van der Waals surface area contributed by atoms with Crippen molar-refractivity contribution < 1.29 is 28.9 Å². The van der Waals surface area contributed by atoms with Crippen LogP contribution in [0.2, 0.25) is 0 Å². The molecule has 10 heteroatoms. The number of pyridine rings is 2. The van der Waals surface area contributed by atoms with E-state index in [4.69, 9.17) is 19.2 Å². The first-order chi connectivity index (χ1) is 17.5. The smallest absolute Gasteiger partial charge is 0.407 e. The third-order valence-corrected chi connectivity index (χ3v) is 6.52. The van der Waals surface area contributed by atoms with Crippen LogP contribution in [0.15, 0.2) is 35.1 Å². The molecule has 1 atom stereocenters. The van der Waals surface area contributed by atoms with Gasteiger partial charge in [-0.05, 0) is 57.5 Å². The number of fused-ring (bicyclic) bond motifs is 5. The van der Waals surface area contributed by atoms with Crippen molar-refractivity contribution in [3.63, 3.8) is 0 Å². The molecule has 0 aliphatic carbocycles. The highest BCUT2D eigenvalue weighted by molar-refractivity contribution is 5.87. The van der Waals surface area contributed by atoms with E-state index in [1.54, 1.807) is 44.4 Å². The molecule has 0 radical (unpaired) electrons. The molecular formula is C27H29N3O7. The van der Waals surface area contributed by atoms with Crippen LogP contribution in [0.4, 0.5) is 4.79 Å². The Morgan fingerprint density at radius 2 is 2.03 bits per heavy atom. The van der Waals surface area contributed by atoms with Gasteiger partial charge in [-0.2, -0.15) is 0 Å². The lowest BCUT2D eigenvalue weighted by Gasteiger charge is -2.31. The Balaban J connectivity index is 1.38. The van der Waals surface area contributed by atoms with Gasteiger partial charge in [-0.1, -0.05) is 6.92 Å². The maximum absolute atomic E-state index is 13.3. The summed E-state index contributed by atoms with van der Waals surface area (Å²) in [4.78, 5) is 42.2. The van der Waals surface area contributed by atoms with E-state index in [1.165, 1.54) is 0 Å². The van der Waals surface area contributed by atoms with Crippen molar-refractivity contribution in [1.29, 1.82) is 0 Å². The minimum Gasteiger partial charge on any atom is -0.492 e. The lowest BCUT2D eigenvalue weighted by Crippen LogP contribution is -2.44. The highest BCUT2D eigenvalue weighted by Gasteiger charge is 2.45. The van der Waals surface area contributed by atoms with Crippen LogP contribution < -0.4 is 15.6 Å². The van der Waals surface area contributed by atoms with Gasteiger partial charge < -0.3 is 29.2 Å². The summed E-state index contributed by atoms with van der Waals surface area (Å²) in [6.45, 7) is 7.78. The Morgan fingerprint density at radius 1 is 1.24 bits per heavy atom. The van der Waals surface area contributed by atoms with Crippen LogP contribution >= 0.6 is 0 Å². The molecule has 10 nitrogen and oxygen atoms in total. The van der Waals surface area contributed by atoms with Crippen LogP contribution in [0, 0.1) is 0 Å². The molecule has 0 fully saturated rings. The zero-order valence-electron chi connectivity index (χ0n) is 21.2. The molecule has 1 aromatic carbocycles. The Bertz CT molecular complexity index is 1490. The average molecular weight is 508 g/mol. The van der Waals surface area contributed by atoms with Gasteiger partial charge in [0.25, 0.3) is 5.56 Å². The van der Waals surface area contributed by atoms with Crippen molar-refractivity contribution >= 4 is 23.0 Å². The van der Waals surface area contributed by atoms with Crippen LogP contribution in [0.25, 0.3) is 22.3 Å². The molecule has 1 amide bonds. The van der Waals surface area contributed by atoms with Gasteiger partial charge in [-0.15, -0.1) is 0 Å². The molecule has 1 unspecified atom stereocenters. The fourth-order valence-corrected chi connectivity index (χ4v) is 4.69. The van der Waals surface area contributed by atoms with Crippen molar-refractivity contribution in [1.82, 2.24) is 14.9 Å². The van der Waals surface area contributed by atoms with E-state index in [9.17, 15) is 19.5 Å². The van der Waals surface area contributed by atoms with Crippen LogP contribution in [0.3, 0.4) is 0 Å². The number of benzene rings is 1. The minimum atomic E-state index is -1.85. The van der Waals surface area contributed by atoms with E-state index in [0.717, 1.165) is 10.9 Å². The number of amides is 1. The lowest BCUT2D eigenvalue weighted by molar-refractivity contribution is -0.172. The quantitative estimate of drug-likeness (QED) is 0.312. The third kappa shape index (κ3) is 4.42. The number of rotatable bonds is 5. The van der Waals surface area contributed by atoms with Crippen molar-refractivity contribution in [2.45, 2.75) is 58.5 Å². The number of aliphatic hydroxyl groups is 1. The third-order valence-electron chi connectivity index (χ3n) is 6.52. The molecule has 0 saturated heterocycles. The second-order valence-corrected chi connectivity index (χ2v) is 10.2. The first-order valence-electron chi connectivity index (χ1n) is 12.2. The highest BCUT2D eigenvalue weighted by Crippen LogP contribution is 2.38. The number of ether oxygens (including phenoxy) is 3. The SMILES string of the molecule is CCC1(O)C(=O)OCc2c1cc1n(c2=O)Cc2cc3cc(OCCNC(=O)OC(C)(C)C)ccc3nc2-1. The zero-order valence-corrected chi connectivity index (χ0v) is 21.2. The molecule has 194 valence electrons. The summed E-state index contributed by atoms with van der Waals surface area (Å²) in [5.74, 6) is -0.127. The predicted molar refractivity (Wildman–Crippen MR) is 134 cm³/mol. The number of carbonyl (C=O) groups is 2. The summed E-state index contributed by atoms with van der Waals surface area (Å²) in [6.07, 6.45) is -0.408. The Kier molecular flexibility index (Phi) is 5.94. The van der Waals surface area contributed by atoms with Crippen LogP contribution in [-0.4, -0.2) is 45.5 Å². The molecule has 3 aromatic rings. The normalized spacial score (nSPS) is 18.0. The van der Waals surface area contributed by atoms with E-state index in [0.29, 0.717) is 40.3 Å². The molecule has 0 spiro atoms. The van der Waals surface area contributed by atoms with Crippen LogP contribution in [-0.2, 0) is 33.0 Å². The second-order valence-electron chi connectivity index (χ2n) is 10.2. The number of alkyl carbamates (subject to hydrolysis) is 1. The van der Waals surface area contributed by atoms with Gasteiger partial charge in [-0.3, -0.25) is 4.79 Å². The summed E-state index contributed by atoms with van der Waals surface area (Å²) in [5.41, 5.74) is 0.632.